The summed E-state index contributed by atoms with van der Waals surface area (Å²) in [7, 11) is 0. The summed E-state index contributed by atoms with van der Waals surface area (Å²) < 4.78 is 0. The first-order valence-corrected chi connectivity index (χ1v) is 15.1. The van der Waals surface area contributed by atoms with Crippen molar-refractivity contribution in [3.05, 3.63) is 0 Å². The lowest BCUT2D eigenvalue weighted by molar-refractivity contribution is -0.143. The van der Waals surface area contributed by atoms with Gasteiger partial charge in [-0.1, -0.05) is 96.8 Å². The van der Waals surface area contributed by atoms with E-state index in [0.29, 0.717) is 26.1 Å². The topological polar surface area (TPSA) is 168 Å². The molecule has 0 unspecified atom stereocenters. The van der Waals surface area contributed by atoms with E-state index in [9.17, 15) is 14.4 Å². The number of hydrogen-bond acceptors (Lipinski definition) is 7. The molecule has 0 aromatic rings. The Morgan fingerprint density at radius 2 is 1.00 bits per heavy atom. The van der Waals surface area contributed by atoms with Crippen LogP contribution in [0.15, 0.2) is 0 Å². The fourth-order valence-electron chi connectivity index (χ4n) is 4.21. The van der Waals surface area contributed by atoms with Crippen LogP contribution < -0.4 is 5.32 Å². The number of amides is 1. The molecule has 0 heterocycles. The number of nitrogens with one attached hydrogen (secondary N) is 1. The Balaban J connectivity index is 0. The smallest absolute Gasteiger partial charge is 0.326 e. The molecule has 1 atom stereocenters. The fraction of sp³-hybridized carbons (Fsp3) is 0.897. The van der Waals surface area contributed by atoms with Crippen molar-refractivity contribution >= 4 is 17.8 Å². The molecule has 10 nitrogen and oxygen atoms in total. The van der Waals surface area contributed by atoms with Crippen molar-refractivity contribution in [1.82, 2.24) is 10.2 Å². The van der Waals surface area contributed by atoms with E-state index < -0.39 is 18.0 Å². The van der Waals surface area contributed by atoms with Gasteiger partial charge >= 0.3 is 11.9 Å². The van der Waals surface area contributed by atoms with Crippen molar-refractivity contribution in [2.24, 2.45) is 0 Å². The quantitative estimate of drug-likeness (QED) is 0.0812. The molecule has 0 rings (SSSR count). The summed E-state index contributed by atoms with van der Waals surface area (Å²) in [6, 6.07) is -1.12. The second-order valence-corrected chi connectivity index (χ2v) is 10.1. The first-order chi connectivity index (χ1) is 18.8. The highest BCUT2D eigenvalue weighted by molar-refractivity contribution is 5.83. The van der Waals surface area contributed by atoms with Crippen LogP contribution in [-0.2, 0) is 14.4 Å². The lowest BCUT2D eigenvalue weighted by Crippen LogP contribution is -2.41. The Kier molecular flexibility index (Phi) is 31.1. The molecule has 10 heteroatoms. The van der Waals surface area contributed by atoms with Gasteiger partial charge in [0.1, 0.15) is 6.04 Å². The number of unbranched alkanes of at least 4 members (excludes halogenated alkanes) is 14. The van der Waals surface area contributed by atoms with Crippen LogP contribution in [0.25, 0.3) is 0 Å². The van der Waals surface area contributed by atoms with Crippen LogP contribution in [-0.4, -0.2) is 93.8 Å². The third-order valence-electron chi connectivity index (χ3n) is 6.54. The highest BCUT2D eigenvalue weighted by Crippen LogP contribution is 2.13. The van der Waals surface area contributed by atoms with Crippen LogP contribution in [0.3, 0.4) is 0 Å². The van der Waals surface area contributed by atoms with Crippen molar-refractivity contribution in [3.8, 4) is 0 Å². The molecule has 232 valence electrons. The summed E-state index contributed by atoms with van der Waals surface area (Å²) in [5.41, 5.74) is 0. The van der Waals surface area contributed by atoms with E-state index in [1.54, 1.807) is 4.90 Å². The number of rotatable bonds is 27. The van der Waals surface area contributed by atoms with Crippen LogP contribution in [0.4, 0.5) is 0 Å². The molecule has 39 heavy (non-hydrogen) atoms. The SMILES string of the molecule is CCCCCCCCCCCCCCCCCC(=O)N[C@@H](CCC(=O)O)C(=O)O.OCCN(CCO)CCO. The van der Waals surface area contributed by atoms with Crippen LogP contribution >= 0.6 is 0 Å². The van der Waals surface area contributed by atoms with Gasteiger partial charge in [0, 0.05) is 32.5 Å². The van der Waals surface area contributed by atoms with E-state index >= 15 is 0 Å². The van der Waals surface area contributed by atoms with Gasteiger partial charge in [0.15, 0.2) is 0 Å². The van der Waals surface area contributed by atoms with Gasteiger partial charge in [0.2, 0.25) is 5.91 Å². The van der Waals surface area contributed by atoms with Gasteiger partial charge in [-0.15, -0.1) is 0 Å². The zero-order valence-electron chi connectivity index (χ0n) is 24.5. The Bertz CT molecular complexity index is 563. The maximum Gasteiger partial charge on any atom is 0.326 e. The summed E-state index contributed by atoms with van der Waals surface area (Å²) >= 11 is 0. The minimum atomic E-state index is -1.18. The number of aliphatic hydroxyl groups excluding tert-OH is 3. The average Bonchev–Trinajstić information content (AvgIpc) is 2.89. The Morgan fingerprint density at radius 3 is 1.33 bits per heavy atom. The monoisotopic (exact) mass is 562 g/mol. The van der Waals surface area contributed by atoms with Gasteiger partial charge in [-0.05, 0) is 12.8 Å². The van der Waals surface area contributed by atoms with Gasteiger partial charge in [-0.25, -0.2) is 4.79 Å². The summed E-state index contributed by atoms with van der Waals surface area (Å²) in [4.78, 5) is 35.2. The molecule has 0 saturated heterocycles. The van der Waals surface area contributed by atoms with E-state index in [2.05, 4.69) is 12.2 Å². The van der Waals surface area contributed by atoms with Gasteiger partial charge in [0.05, 0.1) is 19.8 Å². The standard InChI is InChI=1S/C23H43NO5.C6H15NO3/c1-2-3-4-5-6-7-8-9-10-11-12-13-14-15-16-17-21(25)24-20(23(28)29)18-19-22(26)27;8-4-1-7(2-5-9)3-6-10/h20H,2-19H2,1H3,(H,24,25)(H,26,27)(H,28,29);8-10H,1-6H2/t20-;/m0./s1. The molecule has 0 bridgehead atoms. The predicted octanol–water partition coefficient (Wildman–Crippen LogP) is 3.95. The first-order valence-electron chi connectivity index (χ1n) is 15.1. The Hall–Kier alpha value is -1.75. The molecule has 0 saturated carbocycles. The summed E-state index contributed by atoms with van der Waals surface area (Å²) in [5.74, 6) is -2.55. The number of carbonyl (C=O) groups excluding carboxylic acids is 1. The van der Waals surface area contributed by atoms with Crippen LogP contribution in [0.1, 0.15) is 122 Å². The van der Waals surface area contributed by atoms with Gasteiger partial charge in [-0.3, -0.25) is 14.5 Å². The molecule has 0 aliphatic carbocycles. The van der Waals surface area contributed by atoms with E-state index in [-0.39, 0.29) is 38.6 Å². The third-order valence-corrected chi connectivity index (χ3v) is 6.54. The molecule has 0 fully saturated rings. The summed E-state index contributed by atoms with van der Waals surface area (Å²) in [6.45, 7) is 4.00. The molecule has 1 amide bonds. The summed E-state index contributed by atoms with van der Waals surface area (Å²) in [5, 5.41) is 45.5. The second kappa shape index (κ2) is 30.8. The molecule has 0 aromatic heterocycles. The first kappa shape index (κ1) is 39.4. The number of nitrogens with zero attached hydrogens (tertiary/aromatic N) is 1. The minimum absolute atomic E-state index is 0.0694. The molecule has 0 aliphatic heterocycles. The number of aliphatic carboxylic acids is 2. The molecular weight excluding hydrogens is 504 g/mol. The van der Waals surface area contributed by atoms with Crippen LogP contribution in [0.5, 0.6) is 0 Å². The number of aliphatic hydroxyl groups is 3. The second-order valence-electron chi connectivity index (χ2n) is 10.1. The molecule has 0 spiro atoms. The van der Waals surface area contributed by atoms with Gasteiger partial charge in [0.25, 0.3) is 0 Å². The van der Waals surface area contributed by atoms with Crippen LogP contribution in [0, 0.1) is 0 Å². The lowest BCUT2D eigenvalue weighted by Gasteiger charge is -2.17. The fourth-order valence-corrected chi connectivity index (χ4v) is 4.21. The molecule has 0 aromatic carbocycles. The van der Waals surface area contributed by atoms with E-state index in [0.717, 1.165) is 19.3 Å². The minimum Gasteiger partial charge on any atom is -0.481 e. The van der Waals surface area contributed by atoms with E-state index in [4.69, 9.17) is 25.5 Å². The number of carboxylic acids is 2. The molecule has 0 aliphatic rings. The lowest BCUT2D eigenvalue weighted by atomic mass is 10.0. The maximum atomic E-state index is 11.8. The number of carbonyl (C=O) groups is 3. The summed E-state index contributed by atoms with van der Waals surface area (Å²) in [6.07, 6.45) is 18.8. The van der Waals surface area contributed by atoms with Crippen molar-refractivity contribution in [2.75, 3.05) is 39.5 Å². The van der Waals surface area contributed by atoms with Crippen LogP contribution in [0.2, 0.25) is 0 Å². The normalized spacial score (nSPS) is 11.6. The average molecular weight is 563 g/mol. The molecule has 0 radical (unpaired) electrons. The highest BCUT2D eigenvalue weighted by atomic mass is 16.4. The Morgan fingerprint density at radius 1 is 0.615 bits per heavy atom. The van der Waals surface area contributed by atoms with E-state index in [1.807, 2.05) is 0 Å². The van der Waals surface area contributed by atoms with Crippen molar-refractivity contribution in [1.29, 1.82) is 0 Å². The van der Waals surface area contributed by atoms with Gasteiger partial charge in [-0.2, -0.15) is 0 Å². The third kappa shape index (κ3) is 30.6. The maximum absolute atomic E-state index is 11.8. The van der Waals surface area contributed by atoms with Crippen molar-refractivity contribution in [2.45, 2.75) is 129 Å². The predicted molar refractivity (Wildman–Crippen MR) is 154 cm³/mol. The van der Waals surface area contributed by atoms with E-state index in [1.165, 1.54) is 77.0 Å². The number of carboxylic acid groups (broad SMARTS) is 2. The molecule has 6 N–H and O–H groups in total. The largest absolute Gasteiger partial charge is 0.481 e. The zero-order valence-corrected chi connectivity index (χ0v) is 24.5. The Labute approximate surface area is 236 Å². The zero-order chi connectivity index (χ0) is 29.6. The highest BCUT2D eigenvalue weighted by Gasteiger charge is 2.20. The van der Waals surface area contributed by atoms with Crippen molar-refractivity contribution in [3.63, 3.8) is 0 Å². The van der Waals surface area contributed by atoms with Crippen molar-refractivity contribution < 1.29 is 39.9 Å². The molecular formula is C29H58N2O8. The number of hydrogen-bond donors (Lipinski definition) is 6. The van der Waals surface area contributed by atoms with Gasteiger partial charge < -0.3 is 30.8 Å².